The fraction of sp³-hybridized carbons (Fsp3) is 0.458. The molecule has 0 N–H and O–H groups in total. The number of para-hydroxylation sites is 1. The number of benzene rings is 2. The zero-order valence-electron chi connectivity index (χ0n) is 16.8. The first-order chi connectivity index (χ1) is 13.1. The van der Waals surface area contributed by atoms with Gasteiger partial charge in [-0.2, -0.15) is 0 Å². The van der Waals surface area contributed by atoms with Crippen molar-refractivity contribution >= 4 is 5.78 Å². The maximum atomic E-state index is 12.4. The van der Waals surface area contributed by atoms with Crippen LogP contribution in [0.15, 0.2) is 42.5 Å². The van der Waals surface area contributed by atoms with Crippen molar-refractivity contribution in [3.8, 4) is 5.75 Å². The van der Waals surface area contributed by atoms with E-state index in [4.69, 9.17) is 4.74 Å². The first-order valence-electron chi connectivity index (χ1n) is 10.0. The van der Waals surface area contributed by atoms with Gasteiger partial charge in [0.1, 0.15) is 5.75 Å². The molecule has 1 fully saturated rings. The van der Waals surface area contributed by atoms with Gasteiger partial charge in [0.15, 0.2) is 5.78 Å². The van der Waals surface area contributed by atoms with E-state index in [-0.39, 0.29) is 5.78 Å². The summed E-state index contributed by atoms with van der Waals surface area (Å²) in [5.74, 6) is 1.85. The third-order valence-corrected chi connectivity index (χ3v) is 5.87. The van der Waals surface area contributed by atoms with Gasteiger partial charge in [-0.05, 0) is 87.5 Å². The van der Waals surface area contributed by atoms with E-state index in [0.29, 0.717) is 12.3 Å². The van der Waals surface area contributed by atoms with Crippen LogP contribution in [-0.4, -0.2) is 37.4 Å². The zero-order chi connectivity index (χ0) is 19.2. The molecule has 0 saturated carbocycles. The van der Waals surface area contributed by atoms with Crippen LogP contribution in [0.3, 0.4) is 0 Å². The standard InChI is InChI=1S/C24H31NO2/c1-18-10-11-21(17-19(18)2)23(26)8-6-14-25-15-12-20(13-16-25)22-7-4-5-9-24(22)27-3/h4-5,7,9-11,17,20H,6,8,12-16H2,1-3H3. The number of piperidine rings is 1. The molecule has 0 unspecified atom stereocenters. The molecule has 1 saturated heterocycles. The largest absolute Gasteiger partial charge is 0.496 e. The van der Waals surface area contributed by atoms with Crippen molar-refractivity contribution in [2.75, 3.05) is 26.7 Å². The number of carbonyl (C=O) groups excluding carboxylic acids is 1. The smallest absolute Gasteiger partial charge is 0.162 e. The van der Waals surface area contributed by atoms with E-state index in [1.807, 2.05) is 24.3 Å². The minimum Gasteiger partial charge on any atom is -0.496 e. The Balaban J connectivity index is 1.44. The van der Waals surface area contributed by atoms with E-state index in [2.05, 4.69) is 36.9 Å². The van der Waals surface area contributed by atoms with Crippen molar-refractivity contribution in [3.05, 3.63) is 64.7 Å². The Morgan fingerprint density at radius 2 is 1.81 bits per heavy atom. The van der Waals surface area contributed by atoms with Gasteiger partial charge in [0.2, 0.25) is 0 Å². The van der Waals surface area contributed by atoms with Crippen molar-refractivity contribution in [2.45, 2.75) is 45.4 Å². The molecule has 3 nitrogen and oxygen atoms in total. The summed E-state index contributed by atoms with van der Waals surface area (Å²) in [7, 11) is 1.75. The number of ketones is 1. The van der Waals surface area contributed by atoms with Gasteiger partial charge in [-0.1, -0.05) is 30.3 Å². The van der Waals surface area contributed by atoms with Crippen molar-refractivity contribution in [1.29, 1.82) is 0 Å². The predicted octanol–water partition coefficient (Wildman–Crippen LogP) is 5.15. The molecule has 2 aromatic rings. The van der Waals surface area contributed by atoms with Gasteiger partial charge in [0.05, 0.1) is 7.11 Å². The Kier molecular flexibility index (Phi) is 6.68. The number of ether oxygens (including phenoxy) is 1. The molecule has 144 valence electrons. The second-order valence-electron chi connectivity index (χ2n) is 7.68. The minimum absolute atomic E-state index is 0.266. The Morgan fingerprint density at radius 3 is 2.52 bits per heavy atom. The van der Waals surface area contributed by atoms with Crippen molar-refractivity contribution < 1.29 is 9.53 Å². The molecular weight excluding hydrogens is 334 g/mol. The summed E-state index contributed by atoms with van der Waals surface area (Å²) in [6, 6.07) is 14.4. The summed E-state index contributed by atoms with van der Waals surface area (Å²) in [5.41, 5.74) is 4.63. The van der Waals surface area contributed by atoms with Gasteiger partial charge in [-0.25, -0.2) is 0 Å². The quantitative estimate of drug-likeness (QED) is 0.635. The molecule has 27 heavy (non-hydrogen) atoms. The molecule has 1 heterocycles. The predicted molar refractivity (Wildman–Crippen MR) is 111 cm³/mol. The molecule has 2 aromatic carbocycles. The Hall–Kier alpha value is -2.13. The van der Waals surface area contributed by atoms with Gasteiger partial charge in [0.25, 0.3) is 0 Å². The van der Waals surface area contributed by atoms with Crippen LogP contribution in [0.4, 0.5) is 0 Å². The number of likely N-dealkylation sites (tertiary alicyclic amines) is 1. The summed E-state index contributed by atoms with van der Waals surface area (Å²) in [5, 5.41) is 0. The lowest BCUT2D eigenvalue weighted by molar-refractivity contribution is 0.0972. The van der Waals surface area contributed by atoms with Crippen LogP contribution in [0, 0.1) is 13.8 Å². The van der Waals surface area contributed by atoms with Gasteiger partial charge < -0.3 is 9.64 Å². The average molecular weight is 366 g/mol. The van der Waals surface area contributed by atoms with Crippen LogP contribution in [0.25, 0.3) is 0 Å². The number of aryl methyl sites for hydroxylation is 2. The van der Waals surface area contributed by atoms with Crippen LogP contribution in [0.2, 0.25) is 0 Å². The van der Waals surface area contributed by atoms with Gasteiger partial charge in [-0.3, -0.25) is 4.79 Å². The SMILES string of the molecule is COc1ccccc1C1CCN(CCCC(=O)c2ccc(C)c(C)c2)CC1. The molecule has 0 radical (unpaired) electrons. The second kappa shape index (κ2) is 9.18. The van der Waals surface area contributed by atoms with Crippen molar-refractivity contribution in [1.82, 2.24) is 4.90 Å². The molecule has 0 amide bonds. The summed E-state index contributed by atoms with van der Waals surface area (Å²) in [6.45, 7) is 7.35. The van der Waals surface area contributed by atoms with Gasteiger partial charge in [-0.15, -0.1) is 0 Å². The number of hydrogen-bond donors (Lipinski definition) is 0. The summed E-state index contributed by atoms with van der Waals surface area (Å²) in [4.78, 5) is 14.9. The monoisotopic (exact) mass is 365 g/mol. The number of methoxy groups -OCH3 is 1. The molecule has 0 aliphatic carbocycles. The minimum atomic E-state index is 0.266. The zero-order valence-corrected chi connectivity index (χ0v) is 16.8. The highest BCUT2D eigenvalue weighted by Gasteiger charge is 2.22. The summed E-state index contributed by atoms with van der Waals surface area (Å²) in [6.07, 6.45) is 3.89. The molecular formula is C24H31NO2. The molecule has 0 bridgehead atoms. The lowest BCUT2D eigenvalue weighted by Gasteiger charge is -2.32. The van der Waals surface area contributed by atoms with E-state index in [0.717, 1.165) is 50.2 Å². The Morgan fingerprint density at radius 1 is 1.07 bits per heavy atom. The molecule has 0 aromatic heterocycles. The van der Waals surface area contributed by atoms with Crippen molar-refractivity contribution in [3.63, 3.8) is 0 Å². The van der Waals surface area contributed by atoms with Crippen LogP contribution >= 0.6 is 0 Å². The summed E-state index contributed by atoms with van der Waals surface area (Å²) < 4.78 is 5.52. The highest BCUT2D eigenvalue weighted by molar-refractivity contribution is 5.96. The van der Waals surface area contributed by atoms with Crippen LogP contribution in [0.5, 0.6) is 5.75 Å². The molecule has 1 aliphatic rings. The van der Waals surface area contributed by atoms with Crippen LogP contribution < -0.4 is 4.74 Å². The second-order valence-corrected chi connectivity index (χ2v) is 7.68. The van der Waals surface area contributed by atoms with Gasteiger partial charge in [0, 0.05) is 12.0 Å². The van der Waals surface area contributed by atoms with E-state index in [9.17, 15) is 4.79 Å². The number of carbonyl (C=O) groups is 1. The molecule has 0 spiro atoms. The number of rotatable bonds is 7. The van der Waals surface area contributed by atoms with E-state index in [1.54, 1.807) is 7.11 Å². The van der Waals surface area contributed by atoms with Crippen molar-refractivity contribution in [2.24, 2.45) is 0 Å². The fourth-order valence-corrected chi connectivity index (χ4v) is 3.99. The maximum absolute atomic E-state index is 12.4. The highest BCUT2D eigenvalue weighted by Crippen LogP contribution is 2.34. The third kappa shape index (κ3) is 4.98. The van der Waals surface area contributed by atoms with E-state index < -0.39 is 0 Å². The first-order valence-corrected chi connectivity index (χ1v) is 10.0. The van der Waals surface area contributed by atoms with E-state index >= 15 is 0 Å². The normalized spacial score (nSPS) is 15.7. The highest BCUT2D eigenvalue weighted by atomic mass is 16.5. The maximum Gasteiger partial charge on any atom is 0.162 e. The van der Waals surface area contributed by atoms with E-state index in [1.165, 1.54) is 16.7 Å². The lowest BCUT2D eigenvalue weighted by atomic mass is 9.88. The molecule has 3 rings (SSSR count). The number of Topliss-reactive ketones (excluding diaryl/α,β-unsaturated/α-hetero) is 1. The molecule has 1 aliphatic heterocycles. The Labute approximate surface area is 163 Å². The lowest BCUT2D eigenvalue weighted by Crippen LogP contribution is -2.34. The average Bonchev–Trinajstić information content (AvgIpc) is 2.70. The first kappa shape index (κ1) is 19.6. The van der Waals surface area contributed by atoms with Crippen LogP contribution in [0.1, 0.15) is 58.6 Å². The third-order valence-electron chi connectivity index (χ3n) is 5.87. The Bertz CT molecular complexity index is 776. The summed E-state index contributed by atoms with van der Waals surface area (Å²) >= 11 is 0. The number of hydrogen-bond acceptors (Lipinski definition) is 3. The molecule has 0 atom stereocenters. The van der Waals surface area contributed by atoms with Crippen LogP contribution in [-0.2, 0) is 0 Å². The molecule has 3 heteroatoms. The fourth-order valence-electron chi connectivity index (χ4n) is 3.99. The van der Waals surface area contributed by atoms with Gasteiger partial charge >= 0.3 is 0 Å². The number of nitrogens with zero attached hydrogens (tertiary/aromatic N) is 1. The topological polar surface area (TPSA) is 29.5 Å².